The Morgan fingerprint density at radius 1 is 0.964 bits per heavy atom. The molecule has 3 heterocycles. The van der Waals surface area contributed by atoms with Gasteiger partial charge in [0.25, 0.3) is 0 Å². The first-order chi connectivity index (χ1) is 13.6. The lowest BCUT2D eigenvalue weighted by molar-refractivity contribution is -0.136. The molecule has 0 aliphatic carbocycles. The molecule has 1 aromatic carbocycles. The van der Waals surface area contributed by atoms with Crippen LogP contribution in [0.3, 0.4) is 0 Å². The Morgan fingerprint density at radius 3 is 2.39 bits per heavy atom. The number of anilines is 2. The molecule has 2 aliphatic heterocycles. The molecule has 0 atom stereocenters. The summed E-state index contributed by atoms with van der Waals surface area (Å²) in [6, 6.07) is 3.48. The molecular weight excluding hydrogens is 364 g/mol. The Labute approximate surface area is 162 Å². The van der Waals surface area contributed by atoms with Gasteiger partial charge in [-0.25, -0.2) is 13.8 Å². The number of hydrogen-bond acceptors (Lipinski definition) is 5. The Bertz CT molecular complexity index is 819. The minimum atomic E-state index is -0.454. The van der Waals surface area contributed by atoms with E-state index in [9.17, 15) is 13.6 Å². The molecule has 0 radical (unpaired) electrons. The average Bonchev–Trinajstić information content (AvgIpc) is 2.76. The summed E-state index contributed by atoms with van der Waals surface area (Å²) < 4.78 is 27.4. The highest BCUT2D eigenvalue weighted by Crippen LogP contribution is 2.25. The highest BCUT2D eigenvalue weighted by molar-refractivity contribution is 5.79. The summed E-state index contributed by atoms with van der Waals surface area (Å²) in [4.78, 5) is 27.1. The van der Waals surface area contributed by atoms with Gasteiger partial charge in [-0.1, -0.05) is 0 Å². The lowest BCUT2D eigenvalue weighted by atomic mass is 9.95. The third-order valence-corrected chi connectivity index (χ3v) is 5.56. The zero-order chi connectivity index (χ0) is 19.5. The van der Waals surface area contributed by atoms with Crippen molar-refractivity contribution >= 4 is 17.4 Å². The standard InChI is InChI=1S/C20H23F2N5O/c21-16-1-2-17(22)18(13-16)25-9-11-27(12-10-25)20(28)15-3-7-26(8-4-15)19-14-23-5-6-24-19/h1-2,5-6,13-15H,3-4,7-12H2. The van der Waals surface area contributed by atoms with E-state index in [4.69, 9.17) is 0 Å². The monoisotopic (exact) mass is 387 g/mol. The fourth-order valence-electron chi connectivity index (χ4n) is 3.96. The van der Waals surface area contributed by atoms with Crippen LogP contribution < -0.4 is 9.80 Å². The predicted molar refractivity (Wildman–Crippen MR) is 102 cm³/mol. The van der Waals surface area contributed by atoms with Crippen molar-refractivity contribution in [1.82, 2.24) is 14.9 Å². The van der Waals surface area contributed by atoms with E-state index in [1.54, 1.807) is 23.5 Å². The number of rotatable bonds is 3. The number of carbonyl (C=O) groups excluding carboxylic acids is 1. The molecule has 6 nitrogen and oxygen atoms in total. The SMILES string of the molecule is O=C(C1CCN(c2cnccn2)CC1)N1CCN(c2cc(F)ccc2F)CC1. The molecule has 2 aromatic rings. The Balaban J connectivity index is 1.30. The number of amides is 1. The van der Waals surface area contributed by atoms with Crippen LogP contribution in [0.4, 0.5) is 20.3 Å². The first-order valence-corrected chi connectivity index (χ1v) is 9.61. The van der Waals surface area contributed by atoms with Crippen molar-refractivity contribution in [2.75, 3.05) is 49.1 Å². The molecule has 0 N–H and O–H groups in total. The molecule has 0 unspecified atom stereocenters. The Kier molecular flexibility index (Phi) is 5.36. The van der Waals surface area contributed by atoms with Gasteiger partial charge in [-0.3, -0.25) is 9.78 Å². The van der Waals surface area contributed by atoms with E-state index < -0.39 is 11.6 Å². The van der Waals surface area contributed by atoms with E-state index in [2.05, 4.69) is 14.9 Å². The highest BCUT2D eigenvalue weighted by atomic mass is 19.1. The molecular formula is C20H23F2N5O. The van der Waals surface area contributed by atoms with Gasteiger partial charge in [0.1, 0.15) is 17.5 Å². The van der Waals surface area contributed by atoms with Crippen LogP contribution in [-0.2, 0) is 4.79 Å². The molecule has 2 saturated heterocycles. The number of aromatic nitrogens is 2. The van der Waals surface area contributed by atoms with Crippen molar-refractivity contribution in [3.8, 4) is 0 Å². The summed E-state index contributed by atoms with van der Waals surface area (Å²) in [5.74, 6) is 0.130. The van der Waals surface area contributed by atoms with Crippen molar-refractivity contribution in [2.24, 2.45) is 5.92 Å². The zero-order valence-corrected chi connectivity index (χ0v) is 15.6. The van der Waals surface area contributed by atoms with Crippen LogP contribution in [0.15, 0.2) is 36.8 Å². The summed E-state index contributed by atoms with van der Waals surface area (Å²) >= 11 is 0. The third kappa shape index (κ3) is 3.90. The second-order valence-electron chi connectivity index (χ2n) is 7.23. The molecule has 1 aromatic heterocycles. The van der Waals surface area contributed by atoms with Crippen LogP contribution in [0.5, 0.6) is 0 Å². The fourth-order valence-corrected chi connectivity index (χ4v) is 3.96. The molecule has 28 heavy (non-hydrogen) atoms. The van der Waals surface area contributed by atoms with Gasteiger partial charge in [-0.15, -0.1) is 0 Å². The summed E-state index contributed by atoms with van der Waals surface area (Å²) in [6.45, 7) is 3.63. The van der Waals surface area contributed by atoms with Gasteiger partial charge in [0.15, 0.2) is 0 Å². The Morgan fingerprint density at radius 2 is 1.71 bits per heavy atom. The number of piperazine rings is 1. The summed E-state index contributed by atoms with van der Waals surface area (Å²) in [6.07, 6.45) is 6.64. The van der Waals surface area contributed by atoms with E-state index in [1.807, 2.05) is 4.90 Å². The number of piperidine rings is 1. The lowest BCUT2D eigenvalue weighted by Crippen LogP contribution is -2.52. The van der Waals surface area contributed by atoms with E-state index in [0.717, 1.165) is 43.9 Å². The van der Waals surface area contributed by atoms with Gasteiger partial charge < -0.3 is 14.7 Å². The molecule has 0 bridgehead atoms. The quantitative estimate of drug-likeness (QED) is 0.809. The van der Waals surface area contributed by atoms with Gasteiger partial charge in [-0.2, -0.15) is 0 Å². The number of carbonyl (C=O) groups is 1. The van der Waals surface area contributed by atoms with Crippen LogP contribution >= 0.6 is 0 Å². The van der Waals surface area contributed by atoms with Crippen molar-refractivity contribution < 1.29 is 13.6 Å². The van der Waals surface area contributed by atoms with E-state index >= 15 is 0 Å². The molecule has 148 valence electrons. The molecule has 4 rings (SSSR count). The van der Waals surface area contributed by atoms with Crippen molar-refractivity contribution in [3.63, 3.8) is 0 Å². The maximum Gasteiger partial charge on any atom is 0.225 e. The largest absolute Gasteiger partial charge is 0.366 e. The molecule has 1 amide bonds. The summed E-state index contributed by atoms with van der Waals surface area (Å²) in [7, 11) is 0. The minimum Gasteiger partial charge on any atom is -0.366 e. The van der Waals surface area contributed by atoms with E-state index in [-0.39, 0.29) is 17.5 Å². The predicted octanol–water partition coefficient (Wildman–Crippen LogP) is 2.32. The van der Waals surface area contributed by atoms with Crippen molar-refractivity contribution in [2.45, 2.75) is 12.8 Å². The topological polar surface area (TPSA) is 52.6 Å². The third-order valence-electron chi connectivity index (χ3n) is 5.56. The maximum absolute atomic E-state index is 14.0. The first kappa shape index (κ1) is 18.6. The molecule has 2 fully saturated rings. The molecule has 2 aliphatic rings. The van der Waals surface area contributed by atoms with Crippen LogP contribution in [0.2, 0.25) is 0 Å². The van der Waals surface area contributed by atoms with Crippen LogP contribution in [0, 0.1) is 17.6 Å². The summed E-state index contributed by atoms with van der Waals surface area (Å²) in [5.41, 5.74) is 0.268. The second-order valence-corrected chi connectivity index (χ2v) is 7.23. The van der Waals surface area contributed by atoms with Crippen LogP contribution in [0.1, 0.15) is 12.8 Å². The highest BCUT2D eigenvalue weighted by Gasteiger charge is 2.31. The van der Waals surface area contributed by atoms with Gasteiger partial charge in [0.2, 0.25) is 5.91 Å². The van der Waals surface area contributed by atoms with Gasteiger partial charge in [0.05, 0.1) is 11.9 Å². The maximum atomic E-state index is 14.0. The van der Waals surface area contributed by atoms with Gasteiger partial charge in [-0.05, 0) is 25.0 Å². The summed E-state index contributed by atoms with van der Waals surface area (Å²) in [5, 5.41) is 0. The number of nitrogens with zero attached hydrogens (tertiary/aromatic N) is 5. The normalized spacial score (nSPS) is 18.4. The average molecular weight is 387 g/mol. The van der Waals surface area contributed by atoms with E-state index in [1.165, 1.54) is 6.07 Å². The van der Waals surface area contributed by atoms with Gasteiger partial charge in [0, 0.05) is 63.6 Å². The number of halogens is 2. The second kappa shape index (κ2) is 8.08. The lowest BCUT2D eigenvalue weighted by Gasteiger charge is -2.39. The van der Waals surface area contributed by atoms with E-state index in [0.29, 0.717) is 26.2 Å². The van der Waals surface area contributed by atoms with Crippen molar-refractivity contribution in [3.05, 3.63) is 48.4 Å². The first-order valence-electron chi connectivity index (χ1n) is 9.61. The molecule has 8 heteroatoms. The molecule has 0 saturated carbocycles. The smallest absolute Gasteiger partial charge is 0.225 e. The fraction of sp³-hybridized carbons (Fsp3) is 0.450. The van der Waals surface area contributed by atoms with Crippen molar-refractivity contribution in [1.29, 1.82) is 0 Å². The minimum absolute atomic E-state index is 0.00498. The zero-order valence-electron chi connectivity index (χ0n) is 15.6. The Hall–Kier alpha value is -2.77. The van der Waals surface area contributed by atoms with Crippen LogP contribution in [0.25, 0.3) is 0 Å². The van der Waals surface area contributed by atoms with Crippen LogP contribution in [-0.4, -0.2) is 60.0 Å². The molecule has 0 spiro atoms. The van der Waals surface area contributed by atoms with Gasteiger partial charge >= 0.3 is 0 Å². The number of hydrogen-bond donors (Lipinski definition) is 0. The number of benzene rings is 1.